The second-order valence-corrected chi connectivity index (χ2v) is 11.6. The van der Waals surface area contributed by atoms with Crippen LogP contribution in [0.3, 0.4) is 0 Å². The molecule has 1 N–H and O–H groups in total. The number of carbonyl (C=O) groups excluding carboxylic acids is 1. The van der Waals surface area contributed by atoms with Gasteiger partial charge in [0.2, 0.25) is 0 Å². The molecule has 1 atom stereocenters. The van der Waals surface area contributed by atoms with Crippen LogP contribution in [0.4, 0.5) is 5.69 Å². The molecular weight excluding hydrogens is 289 g/mol. The summed E-state index contributed by atoms with van der Waals surface area (Å²) in [6, 6.07) is 3.79. The van der Waals surface area contributed by atoms with Crippen molar-refractivity contribution in [2.75, 3.05) is 25.3 Å². The molecule has 1 aromatic carbocycles. The molecule has 0 fully saturated rings. The highest BCUT2D eigenvalue weighted by Gasteiger charge is 2.37. The summed E-state index contributed by atoms with van der Waals surface area (Å²) in [5.41, 5.74) is 3.08. The van der Waals surface area contributed by atoms with Crippen molar-refractivity contribution in [1.29, 1.82) is 0 Å². The fourth-order valence-electron chi connectivity index (χ4n) is 2.46. The van der Waals surface area contributed by atoms with Crippen LogP contribution in [0.15, 0.2) is 12.1 Å². The zero-order chi connectivity index (χ0) is 15.5. The maximum absolute atomic E-state index is 12.6. The van der Waals surface area contributed by atoms with Crippen LogP contribution >= 0.6 is 18.9 Å². The summed E-state index contributed by atoms with van der Waals surface area (Å²) in [6.07, 6.45) is 1.99. The Morgan fingerprint density at radius 3 is 2.15 bits per heavy atom. The highest BCUT2D eigenvalue weighted by molar-refractivity contribution is 7.75. The number of nitrogens with one attached hydrogen (secondary N) is 1. The van der Waals surface area contributed by atoms with Gasteiger partial charge < -0.3 is 5.32 Å². The molecule has 0 saturated carbocycles. The van der Waals surface area contributed by atoms with Crippen LogP contribution in [0.5, 0.6) is 0 Å². The van der Waals surface area contributed by atoms with E-state index >= 15 is 0 Å². The molecule has 1 aromatic rings. The molecule has 20 heavy (non-hydrogen) atoms. The zero-order valence-corrected chi connectivity index (χ0v) is 15.0. The molecule has 112 valence electrons. The molecule has 0 aromatic heterocycles. The Morgan fingerprint density at radius 1 is 1.25 bits per heavy atom. The number of anilines is 1. The van der Waals surface area contributed by atoms with Gasteiger partial charge in [0.1, 0.15) is 5.66 Å². The summed E-state index contributed by atoms with van der Waals surface area (Å²) in [5.74, 6) is 0.154. The number of amides is 1. The molecule has 0 heterocycles. The van der Waals surface area contributed by atoms with Gasteiger partial charge >= 0.3 is 0 Å². The summed E-state index contributed by atoms with van der Waals surface area (Å²) >= 11 is 6.04. The standard InChI is InChI=1S/C16H25ClNOP/c1-7-8-14(20(4,5)6)16(19)18-15-11(2)9-13(17)10-12(15)3/h9-10,14H,7-8H2,1-6H3/p+1. The largest absolute Gasteiger partial charge is 0.322 e. The fourth-order valence-corrected chi connectivity index (χ4v) is 4.59. The molecule has 0 aliphatic heterocycles. The van der Waals surface area contributed by atoms with Crippen molar-refractivity contribution in [2.45, 2.75) is 39.3 Å². The fraction of sp³-hybridized carbons (Fsp3) is 0.562. The summed E-state index contributed by atoms with van der Waals surface area (Å²) in [6.45, 7) is 12.8. The van der Waals surface area contributed by atoms with Crippen molar-refractivity contribution in [3.63, 3.8) is 0 Å². The molecule has 0 aliphatic carbocycles. The molecule has 1 unspecified atom stereocenters. The van der Waals surface area contributed by atoms with Gasteiger partial charge in [-0.2, -0.15) is 0 Å². The highest BCUT2D eigenvalue weighted by atomic mass is 35.5. The average Bonchev–Trinajstić information content (AvgIpc) is 2.28. The summed E-state index contributed by atoms with van der Waals surface area (Å²) in [5, 5.41) is 3.84. The summed E-state index contributed by atoms with van der Waals surface area (Å²) in [7, 11) is -1.21. The maximum atomic E-state index is 12.6. The first-order valence-corrected chi connectivity index (χ1v) is 10.6. The van der Waals surface area contributed by atoms with Gasteiger partial charge in [0.25, 0.3) is 5.91 Å². The van der Waals surface area contributed by atoms with E-state index in [-0.39, 0.29) is 11.6 Å². The number of aryl methyl sites for hydroxylation is 2. The Hall–Kier alpha value is -0.590. The van der Waals surface area contributed by atoms with E-state index in [1.807, 2.05) is 26.0 Å². The average molecular weight is 315 g/mol. The lowest BCUT2D eigenvalue weighted by atomic mass is 10.1. The number of benzene rings is 1. The van der Waals surface area contributed by atoms with Crippen molar-refractivity contribution >= 4 is 30.5 Å². The third-order valence-corrected chi connectivity index (χ3v) is 6.13. The van der Waals surface area contributed by atoms with Crippen LogP contribution in [0, 0.1) is 13.8 Å². The van der Waals surface area contributed by atoms with Crippen molar-refractivity contribution in [1.82, 2.24) is 0 Å². The third-order valence-electron chi connectivity index (χ3n) is 3.55. The number of carbonyl (C=O) groups is 1. The number of hydrogen-bond donors (Lipinski definition) is 1. The van der Waals surface area contributed by atoms with E-state index in [9.17, 15) is 4.79 Å². The number of rotatable bonds is 5. The minimum absolute atomic E-state index is 0.127. The van der Waals surface area contributed by atoms with Gasteiger partial charge in [-0.1, -0.05) is 24.9 Å². The van der Waals surface area contributed by atoms with E-state index in [0.29, 0.717) is 5.02 Å². The molecule has 0 aliphatic rings. The van der Waals surface area contributed by atoms with Gasteiger partial charge in [0, 0.05) is 38.0 Å². The monoisotopic (exact) mass is 314 g/mol. The molecule has 0 saturated heterocycles. The molecule has 4 heteroatoms. The molecular formula is C16H26ClNOP+. The van der Waals surface area contributed by atoms with Gasteiger partial charge in [-0.3, -0.25) is 4.79 Å². The van der Waals surface area contributed by atoms with Gasteiger partial charge in [-0.25, -0.2) is 0 Å². The smallest absolute Gasteiger partial charge is 0.265 e. The first-order valence-electron chi connectivity index (χ1n) is 7.05. The van der Waals surface area contributed by atoms with Crippen molar-refractivity contribution in [3.8, 4) is 0 Å². The molecule has 1 rings (SSSR count). The Balaban J connectivity index is 3.00. The van der Waals surface area contributed by atoms with Gasteiger partial charge in [-0.05, 0) is 43.5 Å². The normalized spacial score (nSPS) is 13.2. The zero-order valence-electron chi connectivity index (χ0n) is 13.4. The Kier molecular flexibility index (Phi) is 6.04. The molecule has 2 nitrogen and oxygen atoms in total. The highest BCUT2D eigenvalue weighted by Crippen LogP contribution is 2.54. The third kappa shape index (κ3) is 4.46. The van der Waals surface area contributed by atoms with Gasteiger partial charge in [0.15, 0.2) is 0 Å². The minimum atomic E-state index is -1.21. The van der Waals surface area contributed by atoms with E-state index in [1.165, 1.54) is 0 Å². The predicted molar refractivity (Wildman–Crippen MR) is 92.9 cm³/mol. The predicted octanol–water partition coefficient (Wildman–Crippen LogP) is 4.97. The van der Waals surface area contributed by atoms with Crippen LogP contribution in [0.25, 0.3) is 0 Å². The first-order chi connectivity index (χ1) is 9.16. The Bertz CT molecular complexity index is 471. The van der Waals surface area contributed by atoms with E-state index in [0.717, 1.165) is 29.7 Å². The lowest BCUT2D eigenvalue weighted by Gasteiger charge is -2.24. The van der Waals surface area contributed by atoms with Gasteiger partial charge in [0.05, 0.1) is 0 Å². The topological polar surface area (TPSA) is 29.1 Å². The second-order valence-electron chi connectivity index (χ2n) is 6.32. The van der Waals surface area contributed by atoms with Crippen LogP contribution in [0.2, 0.25) is 5.02 Å². The number of halogens is 1. The SMILES string of the molecule is CCCC(C(=O)Nc1c(C)cc(Cl)cc1C)[P+](C)(C)C. The van der Waals surface area contributed by atoms with E-state index < -0.39 is 7.26 Å². The lowest BCUT2D eigenvalue weighted by Crippen LogP contribution is -2.30. The van der Waals surface area contributed by atoms with E-state index in [2.05, 4.69) is 32.2 Å². The minimum Gasteiger partial charge on any atom is -0.322 e. The molecule has 1 amide bonds. The van der Waals surface area contributed by atoms with Crippen LogP contribution in [-0.4, -0.2) is 31.6 Å². The van der Waals surface area contributed by atoms with Crippen LogP contribution in [-0.2, 0) is 4.79 Å². The van der Waals surface area contributed by atoms with Gasteiger partial charge in [-0.15, -0.1) is 0 Å². The summed E-state index contributed by atoms with van der Waals surface area (Å²) < 4.78 is 0. The number of hydrogen-bond acceptors (Lipinski definition) is 1. The molecule has 0 spiro atoms. The second kappa shape index (κ2) is 6.91. The molecule has 0 bridgehead atoms. The van der Waals surface area contributed by atoms with E-state index in [4.69, 9.17) is 11.6 Å². The Labute approximate surface area is 128 Å². The van der Waals surface area contributed by atoms with Crippen LogP contribution in [0.1, 0.15) is 30.9 Å². The van der Waals surface area contributed by atoms with E-state index in [1.54, 1.807) is 0 Å². The van der Waals surface area contributed by atoms with Crippen molar-refractivity contribution in [3.05, 3.63) is 28.3 Å². The lowest BCUT2D eigenvalue weighted by molar-refractivity contribution is -0.116. The first kappa shape index (κ1) is 17.5. The maximum Gasteiger partial charge on any atom is 0.265 e. The van der Waals surface area contributed by atoms with Crippen LogP contribution < -0.4 is 5.32 Å². The molecule has 0 radical (unpaired) electrons. The quantitative estimate of drug-likeness (QED) is 0.764. The van der Waals surface area contributed by atoms with Crippen molar-refractivity contribution in [2.24, 2.45) is 0 Å². The van der Waals surface area contributed by atoms with Crippen molar-refractivity contribution < 1.29 is 4.79 Å². The summed E-state index contributed by atoms with van der Waals surface area (Å²) in [4.78, 5) is 12.6. The Morgan fingerprint density at radius 2 is 1.75 bits per heavy atom.